The zero-order valence-electron chi connectivity index (χ0n) is 11.4. The molecule has 1 aliphatic carbocycles. The van der Waals surface area contributed by atoms with Crippen molar-refractivity contribution in [2.75, 3.05) is 11.9 Å². The molecule has 0 saturated carbocycles. The first kappa shape index (κ1) is 15.2. The van der Waals surface area contributed by atoms with Gasteiger partial charge < -0.3 is 20.0 Å². The average Bonchev–Trinajstić information content (AvgIpc) is 2.96. The number of esters is 1. The summed E-state index contributed by atoms with van der Waals surface area (Å²) >= 11 is 1.34. The van der Waals surface area contributed by atoms with Crippen molar-refractivity contribution in [2.24, 2.45) is 0 Å². The largest absolute Gasteiger partial charge is 0.545 e. The monoisotopic (exact) mass is 308 g/mol. The molecule has 0 aromatic carbocycles. The number of fused-ring (bicyclic) bond motifs is 1. The SMILES string of the molecule is CCOC(=O)c1c(NC(=O)/C=C/C(=O)[O-])sc2c1CCC2. The predicted octanol–water partition coefficient (Wildman–Crippen LogP) is 0.658. The molecule has 1 aromatic rings. The van der Waals surface area contributed by atoms with E-state index in [9.17, 15) is 19.5 Å². The fourth-order valence-corrected chi connectivity index (χ4v) is 3.49. The summed E-state index contributed by atoms with van der Waals surface area (Å²) in [6.45, 7) is 1.97. The molecule has 1 aromatic heterocycles. The highest BCUT2D eigenvalue weighted by atomic mass is 32.1. The predicted molar refractivity (Wildman–Crippen MR) is 75.1 cm³/mol. The van der Waals surface area contributed by atoms with Gasteiger partial charge in [0.2, 0.25) is 5.91 Å². The Labute approximate surface area is 125 Å². The molecule has 0 atom stereocenters. The van der Waals surface area contributed by atoms with Crippen LogP contribution < -0.4 is 10.4 Å². The normalized spacial score (nSPS) is 13.2. The molecular weight excluding hydrogens is 294 g/mol. The lowest BCUT2D eigenvalue weighted by Crippen LogP contribution is -2.20. The summed E-state index contributed by atoms with van der Waals surface area (Å²) in [4.78, 5) is 35.0. The van der Waals surface area contributed by atoms with E-state index in [2.05, 4.69) is 5.32 Å². The Morgan fingerprint density at radius 2 is 2.10 bits per heavy atom. The average molecular weight is 308 g/mol. The van der Waals surface area contributed by atoms with Crippen LogP contribution in [0.15, 0.2) is 12.2 Å². The minimum Gasteiger partial charge on any atom is -0.545 e. The van der Waals surface area contributed by atoms with Crippen molar-refractivity contribution in [1.29, 1.82) is 0 Å². The molecule has 1 amide bonds. The molecule has 6 nitrogen and oxygen atoms in total. The second-order valence-corrected chi connectivity index (χ2v) is 5.53. The molecule has 2 rings (SSSR count). The number of aryl methyl sites for hydroxylation is 1. The Morgan fingerprint density at radius 3 is 2.76 bits per heavy atom. The number of ether oxygens (including phenoxy) is 1. The molecule has 0 fully saturated rings. The number of hydrogen-bond acceptors (Lipinski definition) is 6. The zero-order chi connectivity index (χ0) is 15.4. The highest BCUT2D eigenvalue weighted by Crippen LogP contribution is 2.39. The van der Waals surface area contributed by atoms with Gasteiger partial charge in [0.05, 0.1) is 18.1 Å². The van der Waals surface area contributed by atoms with Crippen LogP contribution in [0, 0.1) is 0 Å². The number of thiophene rings is 1. The molecule has 0 spiro atoms. The van der Waals surface area contributed by atoms with Crippen LogP contribution in [0.4, 0.5) is 5.00 Å². The number of carboxylic acid groups (broad SMARTS) is 1. The van der Waals surface area contributed by atoms with Gasteiger partial charge in [0.15, 0.2) is 0 Å². The van der Waals surface area contributed by atoms with Crippen LogP contribution >= 0.6 is 11.3 Å². The highest BCUT2D eigenvalue weighted by Gasteiger charge is 2.27. The van der Waals surface area contributed by atoms with Gasteiger partial charge in [0.1, 0.15) is 5.00 Å². The third-order valence-corrected chi connectivity index (χ3v) is 4.22. The maximum absolute atomic E-state index is 12.0. The molecule has 0 unspecified atom stereocenters. The lowest BCUT2D eigenvalue weighted by molar-refractivity contribution is -0.297. The molecule has 7 heteroatoms. The Kier molecular flexibility index (Phi) is 4.74. The zero-order valence-corrected chi connectivity index (χ0v) is 12.2. The summed E-state index contributed by atoms with van der Waals surface area (Å²) in [6.07, 6.45) is 4.13. The summed E-state index contributed by atoms with van der Waals surface area (Å²) in [6, 6.07) is 0. The highest BCUT2D eigenvalue weighted by molar-refractivity contribution is 7.17. The van der Waals surface area contributed by atoms with Crippen molar-refractivity contribution in [3.8, 4) is 0 Å². The Bertz CT molecular complexity index is 617. The van der Waals surface area contributed by atoms with Gasteiger partial charge in [-0.25, -0.2) is 4.79 Å². The van der Waals surface area contributed by atoms with Gasteiger partial charge in [-0.2, -0.15) is 0 Å². The standard InChI is InChI=1S/C14H15NO5S/c1-2-20-14(19)12-8-4-3-5-9(8)21-13(12)15-10(16)6-7-11(17)18/h6-7H,2-5H2,1H3,(H,15,16)(H,17,18)/p-1/b7-6+. The van der Waals surface area contributed by atoms with Crippen LogP contribution in [0.3, 0.4) is 0 Å². The van der Waals surface area contributed by atoms with Crippen molar-refractivity contribution in [1.82, 2.24) is 0 Å². The fourth-order valence-electron chi connectivity index (χ4n) is 2.21. The number of nitrogens with one attached hydrogen (secondary N) is 1. The van der Waals surface area contributed by atoms with E-state index in [1.54, 1.807) is 6.92 Å². The third-order valence-electron chi connectivity index (χ3n) is 3.01. The van der Waals surface area contributed by atoms with E-state index in [-0.39, 0.29) is 6.61 Å². The van der Waals surface area contributed by atoms with Crippen molar-refractivity contribution < 1.29 is 24.2 Å². The molecular formula is C14H14NO5S-. The molecule has 21 heavy (non-hydrogen) atoms. The van der Waals surface area contributed by atoms with Crippen LogP contribution in [-0.4, -0.2) is 24.5 Å². The molecule has 112 valence electrons. The number of anilines is 1. The lowest BCUT2D eigenvalue weighted by Gasteiger charge is -2.06. The topological polar surface area (TPSA) is 95.5 Å². The summed E-state index contributed by atoms with van der Waals surface area (Å²) in [5.41, 5.74) is 1.32. The van der Waals surface area contributed by atoms with E-state index in [4.69, 9.17) is 4.74 Å². The molecule has 0 bridgehead atoms. The van der Waals surface area contributed by atoms with Crippen molar-refractivity contribution in [3.05, 3.63) is 28.2 Å². The number of carboxylic acids is 1. The van der Waals surface area contributed by atoms with Gasteiger partial charge in [-0.3, -0.25) is 4.79 Å². The Hall–Kier alpha value is -2.15. The van der Waals surface area contributed by atoms with E-state index in [1.165, 1.54) is 11.3 Å². The van der Waals surface area contributed by atoms with Gasteiger partial charge in [0.25, 0.3) is 0 Å². The number of carbonyl (C=O) groups excluding carboxylic acids is 3. The molecule has 0 radical (unpaired) electrons. The van der Waals surface area contributed by atoms with Crippen LogP contribution in [-0.2, 0) is 27.2 Å². The maximum Gasteiger partial charge on any atom is 0.341 e. The number of rotatable bonds is 5. The maximum atomic E-state index is 12.0. The van der Waals surface area contributed by atoms with Crippen LogP contribution in [0.5, 0.6) is 0 Å². The minimum absolute atomic E-state index is 0.251. The first-order chi connectivity index (χ1) is 10.0. The van der Waals surface area contributed by atoms with Crippen LogP contribution in [0.1, 0.15) is 34.1 Å². The van der Waals surface area contributed by atoms with Gasteiger partial charge in [-0.05, 0) is 37.8 Å². The molecule has 0 saturated heterocycles. The number of carbonyl (C=O) groups is 3. The second kappa shape index (κ2) is 6.53. The second-order valence-electron chi connectivity index (χ2n) is 4.42. The summed E-state index contributed by atoms with van der Waals surface area (Å²) in [5.74, 6) is -2.54. The van der Waals surface area contributed by atoms with Crippen molar-refractivity contribution >= 4 is 34.2 Å². The number of aliphatic carboxylic acids is 1. The minimum atomic E-state index is -1.45. The van der Waals surface area contributed by atoms with E-state index in [0.717, 1.165) is 35.8 Å². The van der Waals surface area contributed by atoms with E-state index >= 15 is 0 Å². The van der Waals surface area contributed by atoms with Gasteiger partial charge >= 0.3 is 5.97 Å². The lowest BCUT2D eigenvalue weighted by atomic mass is 10.1. The third kappa shape index (κ3) is 3.49. The summed E-state index contributed by atoms with van der Waals surface area (Å²) < 4.78 is 5.03. The number of amides is 1. The fraction of sp³-hybridized carbons (Fsp3) is 0.357. The molecule has 1 N–H and O–H groups in total. The summed E-state index contributed by atoms with van der Waals surface area (Å²) in [5, 5.41) is 13.2. The Balaban J connectivity index is 2.25. The van der Waals surface area contributed by atoms with Crippen LogP contribution in [0.25, 0.3) is 0 Å². The molecule has 1 heterocycles. The van der Waals surface area contributed by atoms with Gasteiger partial charge in [-0.15, -0.1) is 11.3 Å². The van der Waals surface area contributed by atoms with E-state index in [0.29, 0.717) is 16.6 Å². The molecule has 1 aliphatic rings. The first-order valence-corrected chi connectivity index (χ1v) is 7.36. The first-order valence-electron chi connectivity index (χ1n) is 6.54. The van der Waals surface area contributed by atoms with Gasteiger partial charge in [0, 0.05) is 11.0 Å². The van der Waals surface area contributed by atoms with E-state index < -0.39 is 17.8 Å². The van der Waals surface area contributed by atoms with Gasteiger partial charge in [-0.1, -0.05) is 0 Å². The quantitative estimate of drug-likeness (QED) is 0.637. The van der Waals surface area contributed by atoms with E-state index in [1.807, 2.05) is 0 Å². The molecule has 0 aliphatic heterocycles. The van der Waals surface area contributed by atoms with Crippen molar-refractivity contribution in [2.45, 2.75) is 26.2 Å². The smallest absolute Gasteiger partial charge is 0.341 e. The van der Waals surface area contributed by atoms with Crippen molar-refractivity contribution in [3.63, 3.8) is 0 Å². The summed E-state index contributed by atoms with van der Waals surface area (Å²) in [7, 11) is 0. The number of hydrogen-bond donors (Lipinski definition) is 1. The van der Waals surface area contributed by atoms with Crippen LogP contribution in [0.2, 0.25) is 0 Å². The Morgan fingerprint density at radius 1 is 1.33 bits per heavy atom.